The largest absolute Gasteiger partial charge is 0.357 e. The first-order valence-corrected chi connectivity index (χ1v) is 6.04. The molecule has 2 rings (SSSR count). The molecule has 0 aromatic carbocycles. The maximum atomic E-state index is 5.88. The molecule has 2 N–H and O–H groups in total. The third-order valence-electron chi connectivity index (χ3n) is 3.57. The Balaban J connectivity index is 2.15. The molecule has 0 saturated heterocycles. The van der Waals surface area contributed by atoms with Crippen molar-refractivity contribution in [1.29, 1.82) is 0 Å². The Morgan fingerprint density at radius 1 is 1.44 bits per heavy atom. The van der Waals surface area contributed by atoms with E-state index in [1.807, 2.05) is 19.2 Å². The van der Waals surface area contributed by atoms with E-state index in [0.29, 0.717) is 6.04 Å². The number of nitrogens with two attached hydrogens (primary N) is 1. The van der Waals surface area contributed by atoms with Gasteiger partial charge >= 0.3 is 0 Å². The van der Waals surface area contributed by atoms with E-state index in [1.165, 1.54) is 12.8 Å². The molecule has 1 aliphatic carbocycles. The maximum absolute atomic E-state index is 5.88. The van der Waals surface area contributed by atoms with E-state index < -0.39 is 0 Å². The van der Waals surface area contributed by atoms with E-state index in [4.69, 9.17) is 5.73 Å². The van der Waals surface area contributed by atoms with Gasteiger partial charge in [0.1, 0.15) is 5.82 Å². The van der Waals surface area contributed by atoms with Gasteiger partial charge in [-0.05, 0) is 50.3 Å². The molecule has 0 aliphatic heterocycles. The zero-order valence-corrected chi connectivity index (χ0v) is 10.4. The van der Waals surface area contributed by atoms with E-state index in [0.717, 1.165) is 17.3 Å². The summed E-state index contributed by atoms with van der Waals surface area (Å²) in [5, 5.41) is 0. The molecule has 3 heteroatoms. The Morgan fingerprint density at radius 2 is 2.12 bits per heavy atom. The minimum absolute atomic E-state index is 0.0754. The van der Waals surface area contributed by atoms with Gasteiger partial charge in [-0.25, -0.2) is 4.98 Å². The summed E-state index contributed by atoms with van der Waals surface area (Å²) < 4.78 is 0. The Kier molecular flexibility index (Phi) is 3.15. The highest BCUT2D eigenvalue weighted by atomic mass is 15.2. The lowest BCUT2D eigenvalue weighted by atomic mass is 10.1. The van der Waals surface area contributed by atoms with Crippen LogP contribution in [0, 0.1) is 5.92 Å². The first kappa shape index (κ1) is 11.4. The summed E-state index contributed by atoms with van der Waals surface area (Å²) in [4.78, 5) is 6.69. The second-order valence-corrected chi connectivity index (χ2v) is 4.92. The van der Waals surface area contributed by atoms with Crippen LogP contribution in [0.25, 0.3) is 0 Å². The highest BCUT2D eigenvalue weighted by molar-refractivity contribution is 5.42. The van der Waals surface area contributed by atoms with Gasteiger partial charge in [-0.2, -0.15) is 0 Å². The third-order valence-corrected chi connectivity index (χ3v) is 3.57. The standard InChI is InChI=1S/C13H21N3/c1-9(14)12-6-7-15-13(8-12)16(3)10(2)11-4-5-11/h6-11H,4-5,14H2,1-3H3/t9-,10?/m0/s1. The highest BCUT2D eigenvalue weighted by Crippen LogP contribution is 2.35. The van der Waals surface area contributed by atoms with Crippen LogP contribution >= 0.6 is 0 Å². The van der Waals surface area contributed by atoms with Gasteiger partial charge in [0.25, 0.3) is 0 Å². The Bertz CT molecular complexity index is 358. The summed E-state index contributed by atoms with van der Waals surface area (Å²) in [6.45, 7) is 4.28. The number of anilines is 1. The monoisotopic (exact) mass is 219 g/mol. The normalized spacial score (nSPS) is 19.2. The molecule has 2 atom stereocenters. The van der Waals surface area contributed by atoms with E-state index in [9.17, 15) is 0 Å². The van der Waals surface area contributed by atoms with Crippen molar-refractivity contribution in [1.82, 2.24) is 4.98 Å². The van der Waals surface area contributed by atoms with Crippen LogP contribution in [0.3, 0.4) is 0 Å². The number of aromatic nitrogens is 1. The molecule has 1 saturated carbocycles. The SMILES string of the molecule is CC(C1CC1)N(C)c1cc([C@H](C)N)ccn1. The first-order valence-electron chi connectivity index (χ1n) is 6.04. The van der Waals surface area contributed by atoms with E-state index in [2.05, 4.69) is 29.9 Å². The molecule has 1 heterocycles. The van der Waals surface area contributed by atoms with Crippen LogP contribution < -0.4 is 10.6 Å². The quantitative estimate of drug-likeness (QED) is 0.845. The van der Waals surface area contributed by atoms with E-state index in [1.54, 1.807) is 0 Å². The van der Waals surface area contributed by atoms with Crippen LogP contribution in [0.4, 0.5) is 5.82 Å². The molecule has 1 aromatic heterocycles. The minimum atomic E-state index is 0.0754. The zero-order chi connectivity index (χ0) is 11.7. The molecule has 1 unspecified atom stereocenters. The molecular formula is C13H21N3. The van der Waals surface area contributed by atoms with Crippen molar-refractivity contribution >= 4 is 5.82 Å². The lowest BCUT2D eigenvalue weighted by Gasteiger charge is -2.26. The Labute approximate surface area is 97.7 Å². The summed E-state index contributed by atoms with van der Waals surface area (Å²) in [7, 11) is 2.12. The number of hydrogen-bond acceptors (Lipinski definition) is 3. The minimum Gasteiger partial charge on any atom is -0.357 e. The van der Waals surface area contributed by atoms with Gasteiger partial charge in [-0.15, -0.1) is 0 Å². The van der Waals surface area contributed by atoms with Crippen LogP contribution in [-0.2, 0) is 0 Å². The molecule has 88 valence electrons. The summed E-state index contributed by atoms with van der Waals surface area (Å²) in [5.74, 6) is 1.89. The van der Waals surface area contributed by atoms with Crippen molar-refractivity contribution in [3.8, 4) is 0 Å². The molecular weight excluding hydrogens is 198 g/mol. The molecule has 1 aromatic rings. The van der Waals surface area contributed by atoms with Gasteiger partial charge in [-0.1, -0.05) is 0 Å². The van der Waals surface area contributed by atoms with Crippen LogP contribution in [0.15, 0.2) is 18.3 Å². The predicted octanol–water partition coefficient (Wildman–Crippen LogP) is 2.34. The summed E-state index contributed by atoms with van der Waals surface area (Å²) >= 11 is 0. The van der Waals surface area contributed by atoms with Gasteiger partial charge in [0.05, 0.1) is 0 Å². The number of pyridine rings is 1. The second-order valence-electron chi connectivity index (χ2n) is 4.92. The predicted molar refractivity (Wildman–Crippen MR) is 67.4 cm³/mol. The lowest BCUT2D eigenvalue weighted by Crippen LogP contribution is -2.31. The molecule has 0 amide bonds. The van der Waals surface area contributed by atoms with E-state index >= 15 is 0 Å². The fraction of sp³-hybridized carbons (Fsp3) is 0.615. The van der Waals surface area contributed by atoms with Gasteiger partial charge < -0.3 is 10.6 Å². The van der Waals surface area contributed by atoms with Crippen LogP contribution in [0.2, 0.25) is 0 Å². The van der Waals surface area contributed by atoms with Crippen molar-refractivity contribution < 1.29 is 0 Å². The van der Waals surface area contributed by atoms with Crippen molar-refractivity contribution in [2.45, 2.75) is 38.8 Å². The first-order chi connectivity index (χ1) is 7.59. The van der Waals surface area contributed by atoms with Crippen LogP contribution in [0.1, 0.15) is 38.3 Å². The van der Waals surface area contributed by atoms with Crippen molar-refractivity contribution in [3.05, 3.63) is 23.9 Å². The van der Waals surface area contributed by atoms with Gasteiger partial charge in [0, 0.05) is 25.3 Å². The Morgan fingerprint density at radius 3 is 2.69 bits per heavy atom. The average Bonchev–Trinajstić information content (AvgIpc) is 3.11. The maximum Gasteiger partial charge on any atom is 0.128 e. The van der Waals surface area contributed by atoms with Crippen LogP contribution in [0.5, 0.6) is 0 Å². The fourth-order valence-electron chi connectivity index (χ4n) is 2.01. The van der Waals surface area contributed by atoms with Crippen molar-refractivity contribution in [2.24, 2.45) is 11.7 Å². The van der Waals surface area contributed by atoms with Crippen LogP contribution in [-0.4, -0.2) is 18.1 Å². The van der Waals surface area contributed by atoms with Gasteiger partial charge in [-0.3, -0.25) is 0 Å². The summed E-state index contributed by atoms with van der Waals surface area (Å²) in [6, 6.07) is 4.75. The molecule has 0 radical (unpaired) electrons. The zero-order valence-electron chi connectivity index (χ0n) is 10.4. The number of hydrogen-bond donors (Lipinski definition) is 1. The summed E-state index contributed by atoms with van der Waals surface area (Å²) in [6.07, 6.45) is 4.57. The molecule has 1 fully saturated rings. The smallest absolute Gasteiger partial charge is 0.128 e. The molecule has 0 spiro atoms. The molecule has 3 nitrogen and oxygen atoms in total. The fourth-order valence-corrected chi connectivity index (χ4v) is 2.01. The Hall–Kier alpha value is -1.09. The number of rotatable bonds is 4. The number of nitrogens with zero attached hydrogens (tertiary/aromatic N) is 2. The summed E-state index contributed by atoms with van der Waals surface area (Å²) in [5.41, 5.74) is 7.04. The molecule has 0 bridgehead atoms. The van der Waals surface area contributed by atoms with Crippen molar-refractivity contribution in [3.63, 3.8) is 0 Å². The highest BCUT2D eigenvalue weighted by Gasteiger charge is 2.31. The van der Waals surface area contributed by atoms with Crippen molar-refractivity contribution in [2.75, 3.05) is 11.9 Å². The molecule has 1 aliphatic rings. The van der Waals surface area contributed by atoms with E-state index in [-0.39, 0.29) is 6.04 Å². The third kappa shape index (κ3) is 2.35. The second kappa shape index (κ2) is 4.42. The van der Waals surface area contributed by atoms with Gasteiger partial charge in [0.2, 0.25) is 0 Å². The van der Waals surface area contributed by atoms with Gasteiger partial charge in [0.15, 0.2) is 0 Å². The lowest BCUT2D eigenvalue weighted by molar-refractivity contribution is 0.603. The topological polar surface area (TPSA) is 42.1 Å². The average molecular weight is 219 g/mol. The molecule has 16 heavy (non-hydrogen) atoms.